The van der Waals surface area contributed by atoms with Crippen molar-refractivity contribution in [2.45, 2.75) is 12.5 Å². The Balaban J connectivity index is 2.38. The molecule has 1 aromatic heterocycles. The number of nitrogen functional groups attached to an aromatic ring is 1. The molecule has 0 radical (unpaired) electrons. The van der Waals surface area contributed by atoms with Crippen LogP contribution in [0.3, 0.4) is 0 Å². The molecule has 8 heteroatoms. The van der Waals surface area contributed by atoms with E-state index < -0.39 is 12.0 Å². The normalized spacial score (nSPS) is 12.2. The summed E-state index contributed by atoms with van der Waals surface area (Å²) in [5.41, 5.74) is 7.01. The number of hydrogen-bond donors (Lipinski definition) is 2. The predicted octanol–water partition coefficient (Wildman–Crippen LogP) is 1.30. The van der Waals surface area contributed by atoms with Gasteiger partial charge < -0.3 is 10.8 Å². The molecule has 1 atom stereocenters. The number of tetrazole rings is 1. The monoisotopic (exact) mass is 293 g/mol. The van der Waals surface area contributed by atoms with E-state index >= 15 is 0 Å². The van der Waals surface area contributed by atoms with E-state index in [9.17, 15) is 9.90 Å². The number of anilines is 1. The van der Waals surface area contributed by atoms with Crippen molar-refractivity contribution in [1.82, 2.24) is 20.2 Å². The van der Waals surface area contributed by atoms with E-state index in [0.717, 1.165) is 0 Å². The van der Waals surface area contributed by atoms with Crippen molar-refractivity contribution in [3.63, 3.8) is 0 Å². The second-order valence-electron chi connectivity index (χ2n) is 4.21. The van der Waals surface area contributed by atoms with E-state index in [0.29, 0.717) is 29.2 Å². The van der Waals surface area contributed by atoms with E-state index in [-0.39, 0.29) is 0 Å². The third-order valence-electron chi connectivity index (χ3n) is 2.81. The molecule has 1 heterocycles. The average molecular weight is 293 g/mol. The molecule has 0 bridgehead atoms. The smallest absolute Gasteiger partial charge is 0.328 e. The standard InChI is InChI=1S/C12H15N5O2S/c1-20-6-5-10(12(18)19)17-11(14-15-16-17)8-3-2-4-9(13)7-8/h2-4,7,10H,5-6,13H2,1H3,(H,18,19). The van der Waals surface area contributed by atoms with Crippen LogP contribution in [0, 0.1) is 0 Å². The zero-order chi connectivity index (χ0) is 14.5. The molecule has 0 amide bonds. The quantitative estimate of drug-likeness (QED) is 0.773. The number of hydrogen-bond acceptors (Lipinski definition) is 6. The Hall–Kier alpha value is -2.09. The molecule has 3 N–H and O–H groups in total. The molecule has 2 aromatic rings. The van der Waals surface area contributed by atoms with Gasteiger partial charge in [0.15, 0.2) is 11.9 Å². The lowest BCUT2D eigenvalue weighted by atomic mass is 10.1. The lowest BCUT2D eigenvalue weighted by Gasteiger charge is -2.13. The Labute approximate surface area is 120 Å². The fraction of sp³-hybridized carbons (Fsp3) is 0.333. The van der Waals surface area contributed by atoms with Crippen LogP contribution < -0.4 is 5.73 Å². The Morgan fingerprint density at radius 2 is 2.35 bits per heavy atom. The van der Waals surface area contributed by atoms with Crippen LogP contribution in [0.25, 0.3) is 11.4 Å². The number of carboxylic acids is 1. The van der Waals surface area contributed by atoms with Crippen molar-refractivity contribution in [1.29, 1.82) is 0 Å². The number of rotatable bonds is 6. The Kier molecular flexibility index (Phi) is 4.57. The highest BCUT2D eigenvalue weighted by atomic mass is 32.2. The first kappa shape index (κ1) is 14.3. The number of thioether (sulfide) groups is 1. The van der Waals surface area contributed by atoms with Gasteiger partial charge in [-0.25, -0.2) is 9.48 Å². The Bertz CT molecular complexity index is 601. The van der Waals surface area contributed by atoms with Gasteiger partial charge in [-0.1, -0.05) is 12.1 Å². The van der Waals surface area contributed by atoms with Gasteiger partial charge in [0.1, 0.15) is 0 Å². The number of aliphatic carboxylic acids is 1. The third kappa shape index (κ3) is 3.08. The maximum absolute atomic E-state index is 11.4. The summed E-state index contributed by atoms with van der Waals surface area (Å²) in [6.07, 6.45) is 2.38. The lowest BCUT2D eigenvalue weighted by molar-refractivity contribution is -0.141. The molecule has 0 saturated carbocycles. The van der Waals surface area contributed by atoms with Gasteiger partial charge in [0.05, 0.1) is 0 Å². The van der Waals surface area contributed by atoms with Crippen LogP contribution >= 0.6 is 11.8 Å². The molecule has 20 heavy (non-hydrogen) atoms. The van der Waals surface area contributed by atoms with E-state index in [1.807, 2.05) is 6.26 Å². The largest absolute Gasteiger partial charge is 0.480 e. The number of aromatic nitrogens is 4. The second-order valence-corrected chi connectivity index (χ2v) is 5.19. The second kappa shape index (κ2) is 6.38. The molecule has 0 spiro atoms. The highest BCUT2D eigenvalue weighted by molar-refractivity contribution is 7.98. The molecule has 106 valence electrons. The van der Waals surface area contributed by atoms with Crippen molar-refractivity contribution >= 4 is 23.4 Å². The fourth-order valence-corrected chi connectivity index (χ4v) is 2.31. The average Bonchev–Trinajstić information content (AvgIpc) is 2.88. The zero-order valence-corrected chi connectivity index (χ0v) is 11.7. The molecule has 0 fully saturated rings. The number of benzene rings is 1. The van der Waals surface area contributed by atoms with Gasteiger partial charge in [-0.15, -0.1) is 5.10 Å². The van der Waals surface area contributed by atoms with Gasteiger partial charge in [-0.05, 0) is 41.0 Å². The van der Waals surface area contributed by atoms with Gasteiger partial charge in [0, 0.05) is 11.3 Å². The van der Waals surface area contributed by atoms with Gasteiger partial charge >= 0.3 is 5.97 Å². The van der Waals surface area contributed by atoms with Gasteiger partial charge in [0.25, 0.3) is 0 Å². The van der Waals surface area contributed by atoms with Crippen LogP contribution in [0.2, 0.25) is 0 Å². The molecule has 0 aliphatic heterocycles. The first-order chi connectivity index (χ1) is 9.63. The van der Waals surface area contributed by atoms with Crippen LogP contribution in [0.5, 0.6) is 0 Å². The number of nitrogens with zero attached hydrogens (tertiary/aromatic N) is 4. The van der Waals surface area contributed by atoms with Crippen LogP contribution in [-0.4, -0.2) is 43.3 Å². The zero-order valence-electron chi connectivity index (χ0n) is 10.9. The van der Waals surface area contributed by atoms with E-state index in [1.54, 1.807) is 36.0 Å². The van der Waals surface area contributed by atoms with Crippen LogP contribution in [-0.2, 0) is 4.79 Å². The number of nitrogens with two attached hydrogens (primary N) is 1. The first-order valence-electron chi connectivity index (χ1n) is 5.99. The number of carboxylic acid groups (broad SMARTS) is 1. The third-order valence-corrected chi connectivity index (χ3v) is 3.46. The summed E-state index contributed by atoms with van der Waals surface area (Å²) in [5.74, 6) is 0.176. The summed E-state index contributed by atoms with van der Waals surface area (Å²) in [6.45, 7) is 0. The van der Waals surface area contributed by atoms with Crippen LogP contribution in [0.4, 0.5) is 5.69 Å². The van der Waals surface area contributed by atoms with Crippen molar-refractivity contribution < 1.29 is 9.90 Å². The minimum atomic E-state index is -0.948. The molecule has 1 unspecified atom stereocenters. The summed E-state index contributed by atoms with van der Waals surface area (Å²) in [6, 6.07) is 6.26. The minimum absolute atomic E-state index is 0.408. The molecule has 1 aromatic carbocycles. The molecular weight excluding hydrogens is 278 g/mol. The highest BCUT2D eigenvalue weighted by Crippen LogP contribution is 2.23. The maximum atomic E-state index is 11.4. The van der Waals surface area contributed by atoms with E-state index in [2.05, 4.69) is 15.5 Å². The molecular formula is C12H15N5O2S. The van der Waals surface area contributed by atoms with E-state index in [1.165, 1.54) is 4.68 Å². The minimum Gasteiger partial charge on any atom is -0.480 e. The number of carbonyl (C=O) groups is 1. The maximum Gasteiger partial charge on any atom is 0.328 e. The molecule has 0 saturated heterocycles. The first-order valence-corrected chi connectivity index (χ1v) is 7.38. The summed E-state index contributed by atoms with van der Waals surface area (Å²) < 4.78 is 1.34. The molecule has 7 nitrogen and oxygen atoms in total. The van der Waals surface area contributed by atoms with Gasteiger partial charge in [-0.3, -0.25) is 0 Å². The summed E-state index contributed by atoms with van der Waals surface area (Å²) in [7, 11) is 0. The molecule has 0 aliphatic rings. The fourth-order valence-electron chi connectivity index (χ4n) is 1.85. The summed E-state index contributed by atoms with van der Waals surface area (Å²) in [5, 5.41) is 20.7. The molecule has 2 rings (SSSR count). The van der Waals surface area contributed by atoms with Gasteiger partial charge in [0.2, 0.25) is 0 Å². The van der Waals surface area contributed by atoms with Gasteiger partial charge in [-0.2, -0.15) is 11.8 Å². The summed E-state index contributed by atoms with van der Waals surface area (Å²) in [4.78, 5) is 11.4. The van der Waals surface area contributed by atoms with Crippen molar-refractivity contribution in [2.24, 2.45) is 0 Å². The van der Waals surface area contributed by atoms with Crippen LogP contribution in [0.15, 0.2) is 24.3 Å². The molecule has 0 aliphatic carbocycles. The van der Waals surface area contributed by atoms with Crippen molar-refractivity contribution in [2.75, 3.05) is 17.7 Å². The Morgan fingerprint density at radius 1 is 1.55 bits per heavy atom. The topological polar surface area (TPSA) is 107 Å². The SMILES string of the molecule is CSCCC(C(=O)O)n1nnnc1-c1cccc(N)c1. The van der Waals surface area contributed by atoms with Crippen LogP contribution in [0.1, 0.15) is 12.5 Å². The Morgan fingerprint density at radius 3 is 3.00 bits per heavy atom. The summed E-state index contributed by atoms with van der Waals surface area (Å²) >= 11 is 1.58. The van der Waals surface area contributed by atoms with Crippen molar-refractivity contribution in [3.8, 4) is 11.4 Å². The van der Waals surface area contributed by atoms with Crippen molar-refractivity contribution in [3.05, 3.63) is 24.3 Å². The highest BCUT2D eigenvalue weighted by Gasteiger charge is 2.24. The predicted molar refractivity (Wildman–Crippen MR) is 77.3 cm³/mol. The lowest BCUT2D eigenvalue weighted by Crippen LogP contribution is -2.22. The van der Waals surface area contributed by atoms with E-state index in [4.69, 9.17) is 5.73 Å².